The molecule has 0 saturated carbocycles. The van der Waals surface area contributed by atoms with E-state index < -0.39 is 10.0 Å². The van der Waals surface area contributed by atoms with Crippen LogP contribution in [0.3, 0.4) is 0 Å². The van der Waals surface area contributed by atoms with Crippen molar-refractivity contribution in [1.82, 2.24) is 10.0 Å². The third-order valence-corrected chi connectivity index (χ3v) is 4.56. The number of benzene rings is 1. The zero-order valence-corrected chi connectivity index (χ0v) is 12.3. The van der Waals surface area contributed by atoms with Crippen molar-refractivity contribution in [3.05, 3.63) is 54.0 Å². The Bertz CT molecular complexity index is 634. The Morgan fingerprint density at radius 2 is 1.90 bits per heavy atom. The Kier molecular flexibility index (Phi) is 4.59. The molecule has 2 aromatic rings. The van der Waals surface area contributed by atoms with Crippen LogP contribution in [0.25, 0.3) is 0 Å². The predicted octanol–water partition coefficient (Wildman–Crippen LogP) is 2.04. The van der Waals surface area contributed by atoms with Crippen LogP contribution >= 0.6 is 0 Å². The van der Waals surface area contributed by atoms with E-state index in [1.807, 2.05) is 26.1 Å². The van der Waals surface area contributed by atoms with Gasteiger partial charge in [-0.05, 0) is 43.8 Å². The minimum Gasteiger partial charge on any atom is -0.468 e. The zero-order valence-electron chi connectivity index (χ0n) is 11.5. The van der Waals surface area contributed by atoms with Gasteiger partial charge in [0.1, 0.15) is 5.76 Å². The van der Waals surface area contributed by atoms with Gasteiger partial charge in [-0.15, -0.1) is 0 Å². The summed E-state index contributed by atoms with van der Waals surface area (Å²) in [5, 5.41) is 3.11. The molecule has 20 heavy (non-hydrogen) atoms. The number of hydrogen-bond donors (Lipinski definition) is 2. The molecule has 1 atom stereocenters. The Labute approximate surface area is 119 Å². The van der Waals surface area contributed by atoms with Crippen molar-refractivity contribution in [3.8, 4) is 0 Å². The Balaban J connectivity index is 2.09. The lowest BCUT2D eigenvalue weighted by atomic mass is 10.1. The number of hydrogen-bond acceptors (Lipinski definition) is 4. The van der Waals surface area contributed by atoms with Gasteiger partial charge >= 0.3 is 0 Å². The van der Waals surface area contributed by atoms with Crippen molar-refractivity contribution in [2.75, 3.05) is 7.05 Å². The van der Waals surface area contributed by atoms with E-state index in [0.717, 1.165) is 5.56 Å². The second-order valence-electron chi connectivity index (χ2n) is 4.48. The van der Waals surface area contributed by atoms with Gasteiger partial charge in [0.2, 0.25) is 10.0 Å². The summed E-state index contributed by atoms with van der Waals surface area (Å²) in [5.74, 6) is 0.578. The molecule has 108 valence electrons. The Hall–Kier alpha value is -1.63. The van der Waals surface area contributed by atoms with Gasteiger partial charge in [-0.2, -0.15) is 0 Å². The maximum absolute atomic E-state index is 12.1. The van der Waals surface area contributed by atoms with Crippen LogP contribution in [0.4, 0.5) is 0 Å². The van der Waals surface area contributed by atoms with Gasteiger partial charge in [-0.1, -0.05) is 12.1 Å². The number of nitrogens with one attached hydrogen (secondary N) is 2. The lowest BCUT2D eigenvalue weighted by Gasteiger charge is -2.11. The molecule has 0 bridgehead atoms. The van der Waals surface area contributed by atoms with Gasteiger partial charge in [0.05, 0.1) is 17.7 Å². The first-order valence-corrected chi connectivity index (χ1v) is 7.80. The molecule has 1 unspecified atom stereocenters. The number of furan rings is 1. The van der Waals surface area contributed by atoms with E-state index >= 15 is 0 Å². The maximum atomic E-state index is 12.1. The second kappa shape index (κ2) is 6.21. The summed E-state index contributed by atoms with van der Waals surface area (Å²) in [5.41, 5.74) is 1.04. The van der Waals surface area contributed by atoms with E-state index in [1.165, 1.54) is 6.26 Å². The first-order valence-electron chi connectivity index (χ1n) is 6.32. The predicted molar refractivity (Wildman–Crippen MR) is 76.7 cm³/mol. The molecule has 2 rings (SSSR count). The summed E-state index contributed by atoms with van der Waals surface area (Å²) in [4.78, 5) is 0.246. The van der Waals surface area contributed by atoms with E-state index in [9.17, 15) is 8.42 Å². The van der Waals surface area contributed by atoms with E-state index in [0.29, 0.717) is 5.76 Å². The fourth-order valence-electron chi connectivity index (χ4n) is 1.76. The lowest BCUT2D eigenvalue weighted by Crippen LogP contribution is -2.23. The summed E-state index contributed by atoms with van der Waals surface area (Å²) < 4.78 is 31.8. The Morgan fingerprint density at radius 1 is 1.20 bits per heavy atom. The van der Waals surface area contributed by atoms with E-state index in [4.69, 9.17) is 4.42 Å². The third-order valence-electron chi connectivity index (χ3n) is 3.14. The molecule has 0 aliphatic heterocycles. The van der Waals surface area contributed by atoms with Gasteiger partial charge in [-0.25, -0.2) is 13.1 Å². The first-order chi connectivity index (χ1) is 9.53. The fourth-order valence-corrected chi connectivity index (χ4v) is 2.76. The summed E-state index contributed by atoms with van der Waals surface area (Å²) in [6, 6.07) is 10.5. The van der Waals surface area contributed by atoms with Crippen LogP contribution < -0.4 is 10.0 Å². The molecule has 6 heteroatoms. The van der Waals surface area contributed by atoms with Crippen molar-refractivity contribution in [3.63, 3.8) is 0 Å². The monoisotopic (exact) mass is 294 g/mol. The number of sulfonamides is 1. The van der Waals surface area contributed by atoms with Gasteiger partial charge < -0.3 is 9.73 Å². The highest BCUT2D eigenvalue weighted by molar-refractivity contribution is 7.89. The standard InChI is InChI=1S/C14H18N2O3S/c1-11(15-2)12-5-7-14(8-6-12)20(17,18)16-10-13-4-3-9-19-13/h3-9,11,15-16H,10H2,1-2H3. The first kappa shape index (κ1) is 14.8. The molecule has 0 fully saturated rings. The largest absolute Gasteiger partial charge is 0.468 e. The van der Waals surface area contributed by atoms with Crippen LogP contribution in [0.15, 0.2) is 52.0 Å². The van der Waals surface area contributed by atoms with Crippen LogP contribution in [0.5, 0.6) is 0 Å². The molecule has 1 aromatic carbocycles. The summed E-state index contributed by atoms with van der Waals surface area (Å²) in [6.07, 6.45) is 1.51. The Morgan fingerprint density at radius 3 is 2.45 bits per heavy atom. The summed E-state index contributed by atoms with van der Waals surface area (Å²) >= 11 is 0. The molecule has 0 saturated heterocycles. The average Bonchev–Trinajstić information content (AvgIpc) is 2.98. The molecular formula is C14H18N2O3S. The average molecular weight is 294 g/mol. The highest BCUT2D eigenvalue weighted by Crippen LogP contribution is 2.16. The number of rotatable bonds is 6. The normalized spacial score (nSPS) is 13.3. The summed E-state index contributed by atoms with van der Waals surface area (Å²) in [6.45, 7) is 2.16. The van der Waals surface area contributed by atoms with E-state index in [-0.39, 0.29) is 17.5 Å². The molecule has 0 aliphatic rings. The maximum Gasteiger partial charge on any atom is 0.240 e. The lowest BCUT2D eigenvalue weighted by molar-refractivity contribution is 0.498. The van der Waals surface area contributed by atoms with Crippen LogP contribution in [-0.2, 0) is 16.6 Å². The molecule has 5 nitrogen and oxygen atoms in total. The van der Waals surface area contributed by atoms with Gasteiger partial charge in [0.15, 0.2) is 0 Å². The van der Waals surface area contributed by atoms with Crippen LogP contribution in [0.2, 0.25) is 0 Å². The van der Waals surface area contributed by atoms with Crippen molar-refractivity contribution < 1.29 is 12.8 Å². The SMILES string of the molecule is CNC(C)c1ccc(S(=O)(=O)NCc2ccco2)cc1. The topological polar surface area (TPSA) is 71.3 Å². The summed E-state index contributed by atoms with van der Waals surface area (Å²) in [7, 11) is -1.65. The minimum absolute atomic E-state index is 0.143. The molecule has 0 amide bonds. The van der Waals surface area contributed by atoms with Crippen molar-refractivity contribution >= 4 is 10.0 Å². The van der Waals surface area contributed by atoms with Crippen molar-refractivity contribution in [2.45, 2.75) is 24.4 Å². The van der Waals surface area contributed by atoms with Crippen LogP contribution in [0, 0.1) is 0 Å². The van der Waals surface area contributed by atoms with Crippen molar-refractivity contribution in [2.24, 2.45) is 0 Å². The highest BCUT2D eigenvalue weighted by atomic mass is 32.2. The molecule has 0 aliphatic carbocycles. The van der Waals surface area contributed by atoms with E-state index in [2.05, 4.69) is 10.0 Å². The zero-order chi connectivity index (χ0) is 14.6. The van der Waals surface area contributed by atoms with Gasteiger partial charge in [0.25, 0.3) is 0 Å². The van der Waals surface area contributed by atoms with Gasteiger partial charge in [-0.3, -0.25) is 0 Å². The molecule has 2 N–H and O–H groups in total. The highest BCUT2D eigenvalue weighted by Gasteiger charge is 2.14. The molecule has 0 radical (unpaired) electrons. The minimum atomic E-state index is -3.52. The molecule has 1 heterocycles. The molecule has 0 spiro atoms. The second-order valence-corrected chi connectivity index (χ2v) is 6.25. The van der Waals surface area contributed by atoms with Crippen LogP contribution in [-0.4, -0.2) is 15.5 Å². The molecular weight excluding hydrogens is 276 g/mol. The molecule has 1 aromatic heterocycles. The smallest absolute Gasteiger partial charge is 0.240 e. The fraction of sp³-hybridized carbons (Fsp3) is 0.286. The third kappa shape index (κ3) is 3.47. The van der Waals surface area contributed by atoms with Crippen molar-refractivity contribution in [1.29, 1.82) is 0 Å². The van der Waals surface area contributed by atoms with Gasteiger partial charge in [0, 0.05) is 6.04 Å². The van der Waals surface area contributed by atoms with Crippen LogP contribution in [0.1, 0.15) is 24.3 Å². The quantitative estimate of drug-likeness (QED) is 0.855. The van der Waals surface area contributed by atoms with E-state index in [1.54, 1.807) is 24.3 Å².